The molecule has 2 rings (SSSR count). The van der Waals surface area contributed by atoms with E-state index >= 15 is 0 Å². The van der Waals surface area contributed by atoms with E-state index in [4.69, 9.17) is 4.74 Å². The number of aryl methyl sites for hydroxylation is 3. The lowest BCUT2D eigenvalue weighted by molar-refractivity contribution is -0.130. The molecule has 0 bridgehead atoms. The molecule has 1 heterocycles. The summed E-state index contributed by atoms with van der Waals surface area (Å²) in [6.07, 6.45) is 0. The first-order valence-electron chi connectivity index (χ1n) is 7.23. The van der Waals surface area contributed by atoms with Crippen molar-refractivity contribution in [3.05, 3.63) is 47.3 Å². The van der Waals surface area contributed by atoms with Gasteiger partial charge in [0.1, 0.15) is 12.3 Å². The van der Waals surface area contributed by atoms with Gasteiger partial charge in [0.25, 0.3) is 11.8 Å². The molecule has 0 fully saturated rings. The summed E-state index contributed by atoms with van der Waals surface area (Å²) in [5.41, 5.74) is 7.31. The molecule has 2 amide bonds. The zero-order valence-electron chi connectivity index (χ0n) is 13.4. The Morgan fingerprint density at radius 2 is 1.83 bits per heavy atom. The van der Waals surface area contributed by atoms with Crippen molar-refractivity contribution in [2.24, 2.45) is 0 Å². The quantitative estimate of drug-likeness (QED) is 0.807. The summed E-state index contributed by atoms with van der Waals surface area (Å²) in [4.78, 5) is 23.5. The van der Waals surface area contributed by atoms with E-state index < -0.39 is 5.91 Å². The summed E-state index contributed by atoms with van der Waals surface area (Å²) in [5.74, 6) is -0.160. The van der Waals surface area contributed by atoms with E-state index in [1.807, 2.05) is 45.0 Å². The summed E-state index contributed by atoms with van der Waals surface area (Å²) in [6, 6.07) is 9.27. The molecule has 0 saturated carbocycles. The number of ether oxygens (including phenoxy) is 1. The Bertz CT molecular complexity index is 709. The van der Waals surface area contributed by atoms with E-state index in [0.29, 0.717) is 5.75 Å². The summed E-state index contributed by atoms with van der Waals surface area (Å²) in [6.45, 7) is 5.47. The minimum Gasteiger partial charge on any atom is -0.483 e. The Kier molecular flexibility index (Phi) is 5.35. The minimum absolute atomic E-state index is 0.0403. The molecular formula is C16H20N4O3. The lowest BCUT2D eigenvalue weighted by atomic mass is 10.2. The van der Waals surface area contributed by atoms with Crippen LogP contribution in [0.15, 0.2) is 30.3 Å². The number of carbonyl (C=O) groups excluding carboxylic acids is 2. The summed E-state index contributed by atoms with van der Waals surface area (Å²) in [5, 5.41) is 4.18. The molecule has 0 aliphatic heterocycles. The van der Waals surface area contributed by atoms with Crippen LogP contribution in [-0.2, 0) is 16.1 Å². The Hall–Kier alpha value is -2.83. The normalized spacial score (nSPS) is 10.2. The van der Waals surface area contributed by atoms with E-state index in [-0.39, 0.29) is 19.1 Å². The van der Waals surface area contributed by atoms with Crippen molar-refractivity contribution in [2.75, 3.05) is 6.61 Å². The molecule has 7 nitrogen and oxygen atoms in total. The fourth-order valence-corrected chi connectivity index (χ4v) is 2.05. The smallest absolute Gasteiger partial charge is 0.276 e. The van der Waals surface area contributed by atoms with Crippen LogP contribution in [0.25, 0.3) is 0 Å². The average Bonchev–Trinajstić information content (AvgIpc) is 2.82. The van der Waals surface area contributed by atoms with Crippen molar-refractivity contribution < 1.29 is 14.3 Å². The molecule has 0 aliphatic rings. The van der Waals surface area contributed by atoms with Crippen LogP contribution in [0.5, 0.6) is 5.75 Å². The fraction of sp³-hybridized carbons (Fsp3) is 0.312. The van der Waals surface area contributed by atoms with Gasteiger partial charge in [0, 0.05) is 5.69 Å². The van der Waals surface area contributed by atoms with E-state index in [0.717, 1.165) is 17.0 Å². The van der Waals surface area contributed by atoms with Crippen LogP contribution in [0.4, 0.5) is 0 Å². The van der Waals surface area contributed by atoms with Crippen molar-refractivity contribution in [2.45, 2.75) is 27.3 Å². The molecular weight excluding hydrogens is 296 g/mol. The SMILES string of the molecule is Cc1cc(C)n(CC(=O)NNC(=O)COc2ccccc2C)n1. The van der Waals surface area contributed by atoms with Crippen molar-refractivity contribution in [3.8, 4) is 5.75 Å². The van der Waals surface area contributed by atoms with Crippen molar-refractivity contribution in [1.82, 2.24) is 20.6 Å². The maximum absolute atomic E-state index is 11.8. The van der Waals surface area contributed by atoms with E-state index in [1.165, 1.54) is 0 Å². The standard InChI is InChI=1S/C16H20N4O3/c1-11-6-4-5-7-14(11)23-10-16(22)18-17-15(21)9-20-13(3)8-12(2)19-20/h4-8H,9-10H2,1-3H3,(H,17,21)(H,18,22). The van der Waals surface area contributed by atoms with Gasteiger partial charge in [-0.2, -0.15) is 5.10 Å². The molecule has 0 radical (unpaired) electrons. The third kappa shape index (κ3) is 4.84. The maximum atomic E-state index is 11.8. The first-order chi connectivity index (χ1) is 11.0. The number of carbonyl (C=O) groups is 2. The van der Waals surface area contributed by atoms with E-state index in [9.17, 15) is 9.59 Å². The molecule has 0 aliphatic carbocycles. The zero-order valence-corrected chi connectivity index (χ0v) is 13.4. The highest BCUT2D eigenvalue weighted by molar-refractivity contribution is 5.82. The highest BCUT2D eigenvalue weighted by Gasteiger charge is 2.09. The second-order valence-electron chi connectivity index (χ2n) is 5.24. The lowest BCUT2D eigenvalue weighted by Gasteiger charge is -2.10. The number of hydrogen-bond acceptors (Lipinski definition) is 4. The number of rotatable bonds is 5. The number of para-hydroxylation sites is 1. The molecule has 2 N–H and O–H groups in total. The minimum atomic E-state index is -0.435. The molecule has 0 unspecified atom stereocenters. The van der Waals surface area contributed by atoms with Gasteiger partial charge in [-0.15, -0.1) is 0 Å². The third-order valence-corrected chi connectivity index (χ3v) is 3.19. The van der Waals surface area contributed by atoms with Gasteiger partial charge in [-0.3, -0.25) is 25.1 Å². The number of benzene rings is 1. The highest BCUT2D eigenvalue weighted by atomic mass is 16.5. The van der Waals surface area contributed by atoms with Gasteiger partial charge in [-0.25, -0.2) is 0 Å². The van der Waals surface area contributed by atoms with Crippen LogP contribution < -0.4 is 15.6 Å². The Labute approximate surface area is 134 Å². The van der Waals surface area contributed by atoms with Crippen molar-refractivity contribution in [3.63, 3.8) is 0 Å². The molecule has 23 heavy (non-hydrogen) atoms. The first-order valence-corrected chi connectivity index (χ1v) is 7.23. The molecule has 1 aromatic carbocycles. The Balaban J connectivity index is 1.75. The summed E-state index contributed by atoms with van der Waals surface area (Å²) < 4.78 is 6.96. The second kappa shape index (κ2) is 7.44. The molecule has 0 atom stereocenters. The molecule has 122 valence electrons. The topological polar surface area (TPSA) is 85.2 Å². The van der Waals surface area contributed by atoms with Gasteiger partial charge in [-0.05, 0) is 38.5 Å². The van der Waals surface area contributed by atoms with Crippen molar-refractivity contribution in [1.29, 1.82) is 0 Å². The molecule has 7 heteroatoms. The van der Waals surface area contributed by atoms with Crippen LogP contribution >= 0.6 is 0 Å². The number of nitrogens with zero attached hydrogens (tertiary/aromatic N) is 2. The average molecular weight is 316 g/mol. The number of aromatic nitrogens is 2. The number of nitrogens with one attached hydrogen (secondary N) is 2. The maximum Gasteiger partial charge on any atom is 0.276 e. The lowest BCUT2D eigenvalue weighted by Crippen LogP contribution is -2.45. The van der Waals surface area contributed by atoms with Crippen LogP contribution in [0.1, 0.15) is 17.0 Å². The molecule has 2 aromatic rings. The monoisotopic (exact) mass is 316 g/mol. The Morgan fingerprint density at radius 3 is 2.48 bits per heavy atom. The van der Waals surface area contributed by atoms with Crippen LogP contribution in [-0.4, -0.2) is 28.2 Å². The molecule has 0 saturated heterocycles. The highest BCUT2D eigenvalue weighted by Crippen LogP contribution is 2.15. The van der Waals surface area contributed by atoms with Crippen LogP contribution in [0.3, 0.4) is 0 Å². The second-order valence-corrected chi connectivity index (χ2v) is 5.24. The largest absolute Gasteiger partial charge is 0.483 e. The van der Waals surface area contributed by atoms with Crippen molar-refractivity contribution >= 4 is 11.8 Å². The van der Waals surface area contributed by atoms with Gasteiger partial charge in [0.05, 0.1) is 5.69 Å². The first kappa shape index (κ1) is 16.5. The zero-order chi connectivity index (χ0) is 16.8. The number of amides is 2. The van der Waals surface area contributed by atoms with Gasteiger partial charge in [0.15, 0.2) is 6.61 Å². The summed E-state index contributed by atoms with van der Waals surface area (Å²) in [7, 11) is 0. The fourth-order valence-electron chi connectivity index (χ4n) is 2.05. The number of hydrogen-bond donors (Lipinski definition) is 2. The van der Waals surface area contributed by atoms with E-state index in [1.54, 1.807) is 10.7 Å². The molecule has 1 aromatic heterocycles. The van der Waals surface area contributed by atoms with E-state index in [2.05, 4.69) is 16.0 Å². The number of hydrazine groups is 1. The predicted octanol–water partition coefficient (Wildman–Crippen LogP) is 1.03. The van der Waals surface area contributed by atoms with Gasteiger partial charge in [0.2, 0.25) is 0 Å². The van der Waals surface area contributed by atoms with Crippen LogP contribution in [0.2, 0.25) is 0 Å². The Morgan fingerprint density at radius 1 is 1.13 bits per heavy atom. The van der Waals surface area contributed by atoms with Gasteiger partial charge in [-0.1, -0.05) is 18.2 Å². The van der Waals surface area contributed by atoms with Gasteiger partial charge < -0.3 is 4.74 Å². The van der Waals surface area contributed by atoms with Gasteiger partial charge >= 0.3 is 0 Å². The van der Waals surface area contributed by atoms with Crippen LogP contribution in [0, 0.1) is 20.8 Å². The molecule has 0 spiro atoms. The summed E-state index contributed by atoms with van der Waals surface area (Å²) >= 11 is 0. The predicted molar refractivity (Wildman–Crippen MR) is 84.7 cm³/mol. The third-order valence-electron chi connectivity index (χ3n) is 3.19.